The van der Waals surface area contributed by atoms with Crippen molar-refractivity contribution in [1.82, 2.24) is 4.98 Å². The van der Waals surface area contributed by atoms with E-state index in [1.54, 1.807) is 24.4 Å². The first kappa shape index (κ1) is 23.7. The second-order valence-corrected chi connectivity index (χ2v) is 7.32. The minimum Gasteiger partial charge on any atom is -0.493 e. The van der Waals surface area contributed by atoms with Gasteiger partial charge in [0, 0.05) is 17.6 Å². The number of pyridine rings is 1. The summed E-state index contributed by atoms with van der Waals surface area (Å²) in [6, 6.07) is 14.7. The summed E-state index contributed by atoms with van der Waals surface area (Å²) in [7, 11) is 3.04. The van der Waals surface area contributed by atoms with Crippen LogP contribution in [0.3, 0.4) is 0 Å². The molecule has 7 nitrogen and oxygen atoms in total. The lowest BCUT2D eigenvalue weighted by atomic mass is 10.1. The number of ether oxygens (including phenoxy) is 3. The number of benzene rings is 3. The Balaban J connectivity index is 1.68. The number of primary amides is 1. The van der Waals surface area contributed by atoms with Gasteiger partial charge in [0.05, 0.1) is 36.7 Å². The average molecular weight is 483 g/mol. The van der Waals surface area contributed by atoms with Gasteiger partial charge >= 0.3 is 12.2 Å². The number of amides is 2. The number of alkyl halides is 3. The Kier molecular flexibility index (Phi) is 6.37. The number of anilines is 2. The molecule has 0 atom stereocenters. The first-order chi connectivity index (χ1) is 16.7. The Labute approximate surface area is 198 Å². The molecule has 1 aromatic heterocycles. The highest BCUT2D eigenvalue weighted by Crippen LogP contribution is 2.40. The molecule has 0 radical (unpaired) electrons. The molecular weight excluding hydrogens is 463 g/mol. The Hall–Kier alpha value is -4.47. The van der Waals surface area contributed by atoms with Crippen LogP contribution in [0.25, 0.3) is 10.9 Å². The molecule has 0 aliphatic carbocycles. The number of nitrogens with two attached hydrogens (primary N) is 1. The zero-order valence-corrected chi connectivity index (χ0v) is 18.7. The fourth-order valence-electron chi connectivity index (χ4n) is 3.62. The second-order valence-electron chi connectivity index (χ2n) is 7.32. The molecular formula is C25H20F3N3O4. The van der Waals surface area contributed by atoms with Crippen LogP contribution < -0.4 is 24.8 Å². The van der Waals surface area contributed by atoms with Gasteiger partial charge in [0.15, 0.2) is 11.5 Å². The number of halogens is 3. The highest BCUT2D eigenvalue weighted by Gasteiger charge is 2.36. The summed E-state index contributed by atoms with van der Waals surface area (Å²) in [5.41, 5.74) is 4.85. The number of methoxy groups -OCH3 is 2. The number of carbonyl (C=O) groups is 1. The van der Waals surface area contributed by atoms with Crippen molar-refractivity contribution < 1.29 is 32.2 Å². The van der Waals surface area contributed by atoms with Crippen molar-refractivity contribution in [3.05, 3.63) is 78.5 Å². The number of aromatic nitrogens is 1. The molecule has 0 fully saturated rings. The van der Waals surface area contributed by atoms with Gasteiger partial charge in [-0.2, -0.15) is 13.2 Å². The van der Waals surface area contributed by atoms with Gasteiger partial charge in [-0.3, -0.25) is 9.88 Å². The maximum Gasteiger partial charge on any atom is 0.418 e. The third kappa shape index (κ3) is 4.77. The van der Waals surface area contributed by atoms with E-state index in [-0.39, 0.29) is 11.4 Å². The number of urea groups is 1. The van der Waals surface area contributed by atoms with E-state index >= 15 is 0 Å². The van der Waals surface area contributed by atoms with Crippen molar-refractivity contribution in [1.29, 1.82) is 0 Å². The summed E-state index contributed by atoms with van der Waals surface area (Å²) in [4.78, 5) is 17.3. The molecule has 0 bridgehead atoms. The van der Waals surface area contributed by atoms with Gasteiger partial charge in [-0.1, -0.05) is 12.1 Å². The van der Waals surface area contributed by atoms with Crippen molar-refractivity contribution in [2.45, 2.75) is 6.18 Å². The molecule has 0 aliphatic heterocycles. The molecule has 10 heteroatoms. The van der Waals surface area contributed by atoms with Crippen molar-refractivity contribution in [3.63, 3.8) is 0 Å². The molecule has 0 saturated carbocycles. The number of carbonyl (C=O) groups excluding carboxylic acids is 1. The third-order valence-corrected chi connectivity index (χ3v) is 5.20. The molecule has 0 aliphatic rings. The topological polar surface area (TPSA) is 86.9 Å². The number of hydrogen-bond acceptors (Lipinski definition) is 5. The summed E-state index contributed by atoms with van der Waals surface area (Å²) in [5, 5.41) is 0.659. The van der Waals surface area contributed by atoms with E-state index in [9.17, 15) is 18.0 Å². The number of rotatable bonds is 6. The Morgan fingerprint density at radius 3 is 2.20 bits per heavy atom. The van der Waals surface area contributed by atoms with Gasteiger partial charge in [0.25, 0.3) is 0 Å². The standard InChI is InChI=1S/C25H20F3N3O4/c1-33-22-13-17-19(14-23(22)34-2)30-12-11-21(17)35-16-9-7-15(8-10-16)31(24(29)32)20-6-4-3-5-18(20)25(26,27)28/h3-14H,1-2H3,(H2,29,32). The van der Waals surface area contributed by atoms with E-state index in [1.807, 2.05) is 0 Å². The highest BCUT2D eigenvalue weighted by molar-refractivity contribution is 5.99. The van der Waals surface area contributed by atoms with Gasteiger partial charge < -0.3 is 19.9 Å². The average Bonchev–Trinajstić information content (AvgIpc) is 2.84. The van der Waals surface area contributed by atoms with E-state index in [2.05, 4.69) is 4.98 Å². The van der Waals surface area contributed by atoms with Crippen LogP contribution in [-0.2, 0) is 6.18 Å². The van der Waals surface area contributed by atoms with Crippen LogP contribution in [0.5, 0.6) is 23.0 Å². The Bertz CT molecular complexity index is 1380. The molecule has 35 heavy (non-hydrogen) atoms. The minimum atomic E-state index is -4.67. The van der Waals surface area contributed by atoms with Crippen molar-refractivity contribution >= 4 is 28.3 Å². The summed E-state index contributed by atoms with van der Waals surface area (Å²) in [6.45, 7) is 0. The molecule has 2 amide bonds. The van der Waals surface area contributed by atoms with E-state index in [0.29, 0.717) is 33.9 Å². The maximum absolute atomic E-state index is 13.5. The number of hydrogen-bond donors (Lipinski definition) is 1. The van der Waals surface area contributed by atoms with Crippen LogP contribution in [-0.4, -0.2) is 25.2 Å². The van der Waals surface area contributed by atoms with Crippen molar-refractivity contribution in [3.8, 4) is 23.0 Å². The lowest BCUT2D eigenvalue weighted by Crippen LogP contribution is -2.33. The van der Waals surface area contributed by atoms with Crippen LogP contribution in [0.15, 0.2) is 72.9 Å². The van der Waals surface area contributed by atoms with E-state index in [4.69, 9.17) is 19.9 Å². The quantitative estimate of drug-likeness (QED) is 0.349. The number of fused-ring (bicyclic) bond motifs is 1. The van der Waals surface area contributed by atoms with Gasteiger partial charge in [-0.05, 0) is 48.5 Å². The van der Waals surface area contributed by atoms with Gasteiger partial charge in [0.2, 0.25) is 0 Å². The molecule has 180 valence electrons. The van der Waals surface area contributed by atoms with Crippen molar-refractivity contribution in [2.24, 2.45) is 5.73 Å². The zero-order chi connectivity index (χ0) is 25.2. The lowest BCUT2D eigenvalue weighted by molar-refractivity contribution is -0.137. The fourth-order valence-corrected chi connectivity index (χ4v) is 3.62. The predicted molar refractivity (Wildman–Crippen MR) is 125 cm³/mol. The van der Waals surface area contributed by atoms with Gasteiger partial charge in [-0.15, -0.1) is 0 Å². The van der Waals surface area contributed by atoms with Gasteiger partial charge in [-0.25, -0.2) is 4.79 Å². The normalized spacial score (nSPS) is 11.2. The summed E-state index contributed by atoms with van der Waals surface area (Å²) >= 11 is 0. The first-order valence-corrected chi connectivity index (χ1v) is 10.3. The molecule has 3 aromatic carbocycles. The molecule has 4 aromatic rings. The fraction of sp³-hybridized carbons (Fsp3) is 0.120. The Morgan fingerprint density at radius 1 is 0.914 bits per heavy atom. The zero-order valence-electron chi connectivity index (χ0n) is 18.7. The van der Waals surface area contributed by atoms with Crippen LogP contribution in [0.2, 0.25) is 0 Å². The molecule has 0 unspecified atom stereocenters. The van der Waals surface area contributed by atoms with Crippen LogP contribution in [0.1, 0.15) is 5.56 Å². The maximum atomic E-state index is 13.5. The molecule has 2 N–H and O–H groups in total. The van der Waals surface area contributed by atoms with Crippen LogP contribution >= 0.6 is 0 Å². The second kappa shape index (κ2) is 9.41. The number of nitrogens with zero attached hydrogens (tertiary/aromatic N) is 2. The van der Waals surface area contributed by atoms with Gasteiger partial charge in [0.1, 0.15) is 11.5 Å². The molecule has 1 heterocycles. The number of para-hydroxylation sites is 1. The van der Waals surface area contributed by atoms with E-state index in [1.165, 1.54) is 56.7 Å². The smallest absolute Gasteiger partial charge is 0.418 e. The summed E-state index contributed by atoms with van der Waals surface area (Å²) < 4.78 is 57.2. The van der Waals surface area contributed by atoms with E-state index < -0.39 is 17.8 Å². The predicted octanol–water partition coefficient (Wildman–Crippen LogP) is 6.28. The molecule has 0 saturated heterocycles. The summed E-state index contributed by atoms with van der Waals surface area (Å²) in [6.07, 6.45) is -3.10. The molecule has 4 rings (SSSR count). The minimum absolute atomic E-state index is 0.146. The molecule has 0 spiro atoms. The lowest BCUT2D eigenvalue weighted by Gasteiger charge is -2.24. The monoisotopic (exact) mass is 483 g/mol. The summed E-state index contributed by atoms with van der Waals surface area (Å²) in [5.74, 6) is 1.86. The highest BCUT2D eigenvalue weighted by atomic mass is 19.4. The van der Waals surface area contributed by atoms with Crippen molar-refractivity contribution in [2.75, 3.05) is 19.1 Å². The SMILES string of the molecule is COc1cc2nccc(Oc3ccc(N(C(N)=O)c4ccccc4C(F)(F)F)cc3)c2cc1OC. The largest absolute Gasteiger partial charge is 0.493 e. The first-order valence-electron chi connectivity index (χ1n) is 10.3. The van der Waals surface area contributed by atoms with E-state index in [0.717, 1.165) is 11.0 Å². The third-order valence-electron chi connectivity index (χ3n) is 5.20. The Morgan fingerprint density at radius 2 is 1.57 bits per heavy atom. The van der Waals surface area contributed by atoms with Crippen LogP contribution in [0, 0.1) is 0 Å². The van der Waals surface area contributed by atoms with Crippen LogP contribution in [0.4, 0.5) is 29.3 Å².